The van der Waals surface area contributed by atoms with E-state index in [0.717, 1.165) is 12.1 Å². The first-order valence-corrected chi connectivity index (χ1v) is 7.20. The number of benzene rings is 2. The average molecular weight is 346 g/mol. The molecule has 0 aliphatic carbocycles. The third kappa shape index (κ3) is 2.77. The summed E-state index contributed by atoms with van der Waals surface area (Å²) in [5.74, 6) is 0.386. The molecule has 0 bridgehead atoms. The quantitative estimate of drug-likeness (QED) is 0.633. The molecule has 1 aliphatic heterocycles. The molecule has 0 N–H and O–H groups in total. The molecule has 0 saturated heterocycles. The lowest BCUT2D eigenvalue weighted by Crippen LogP contribution is -2.06. The Labute approximate surface area is 135 Å². The third-order valence-electron chi connectivity index (χ3n) is 3.44. The Hall–Kier alpha value is -1.39. The summed E-state index contributed by atoms with van der Waals surface area (Å²) in [4.78, 5) is 0. The van der Waals surface area contributed by atoms with Gasteiger partial charge in [-0.1, -0.05) is 23.2 Å². The summed E-state index contributed by atoms with van der Waals surface area (Å²) in [6, 6.07) is 6.78. The van der Waals surface area contributed by atoms with Gasteiger partial charge in [-0.25, -0.2) is 0 Å². The molecule has 2 aromatic carbocycles. The fraction of sp³-hybridized carbons (Fsp3) is 0.188. The molecule has 1 atom stereocenters. The molecule has 0 amide bonds. The predicted molar refractivity (Wildman–Crippen MR) is 80.4 cm³/mol. The Morgan fingerprint density at radius 1 is 1.09 bits per heavy atom. The van der Waals surface area contributed by atoms with Crippen LogP contribution in [0.4, 0.5) is 13.2 Å². The minimum atomic E-state index is -4.45. The molecule has 1 nitrogen and oxygen atoms in total. The molecular formula is C16H10Cl2F3O. The van der Waals surface area contributed by atoms with Gasteiger partial charge in [-0.05, 0) is 42.8 Å². The van der Waals surface area contributed by atoms with E-state index in [1.165, 1.54) is 6.07 Å². The molecule has 0 aromatic heterocycles. The van der Waals surface area contributed by atoms with Gasteiger partial charge in [-0.3, -0.25) is 0 Å². The van der Waals surface area contributed by atoms with E-state index in [1.807, 2.05) is 0 Å². The number of rotatable bonds is 1. The van der Waals surface area contributed by atoms with Crippen LogP contribution in [0.5, 0.6) is 5.75 Å². The van der Waals surface area contributed by atoms with Gasteiger partial charge >= 0.3 is 6.18 Å². The molecule has 0 saturated carbocycles. The molecule has 1 aliphatic rings. The summed E-state index contributed by atoms with van der Waals surface area (Å²) in [5, 5.41) is 0.691. The maximum absolute atomic E-state index is 13.1. The normalized spacial score (nSPS) is 17.3. The minimum Gasteiger partial charge on any atom is -0.489 e. The van der Waals surface area contributed by atoms with Crippen LogP contribution in [0.15, 0.2) is 30.3 Å². The van der Waals surface area contributed by atoms with Crippen LogP contribution in [0.25, 0.3) is 11.1 Å². The van der Waals surface area contributed by atoms with Gasteiger partial charge in [-0.15, -0.1) is 0 Å². The van der Waals surface area contributed by atoms with E-state index < -0.39 is 17.8 Å². The second-order valence-corrected chi connectivity index (χ2v) is 5.92. The van der Waals surface area contributed by atoms with Crippen LogP contribution < -0.4 is 4.74 Å². The molecule has 1 unspecified atom stereocenters. The van der Waals surface area contributed by atoms with Crippen LogP contribution in [-0.4, -0.2) is 6.10 Å². The Bertz CT molecular complexity index is 741. The summed E-state index contributed by atoms with van der Waals surface area (Å²) < 4.78 is 44.9. The monoisotopic (exact) mass is 345 g/mol. The van der Waals surface area contributed by atoms with Crippen molar-refractivity contribution in [1.29, 1.82) is 0 Å². The Morgan fingerprint density at radius 2 is 1.82 bits per heavy atom. The van der Waals surface area contributed by atoms with E-state index in [-0.39, 0.29) is 5.56 Å². The van der Waals surface area contributed by atoms with E-state index in [9.17, 15) is 13.2 Å². The minimum absolute atomic E-state index is 0.281. The highest BCUT2D eigenvalue weighted by Gasteiger charge is 2.35. The van der Waals surface area contributed by atoms with Gasteiger partial charge in [0.1, 0.15) is 11.9 Å². The first kappa shape index (κ1) is 15.5. The molecule has 6 heteroatoms. The highest BCUT2D eigenvalue weighted by atomic mass is 35.5. The maximum atomic E-state index is 13.1. The fourth-order valence-corrected chi connectivity index (χ4v) is 2.89. The largest absolute Gasteiger partial charge is 0.489 e. The molecule has 1 heterocycles. The van der Waals surface area contributed by atoms with Crippen LogP contribution >= 0.6 is 23.2 Å². The van der Waals surface area contributed by atoms with E-state index in [2.05, 4.69) is 6.92 Å². The van der Waals surface area contributed by atoms with Gasteiger partial charge < -0.3 is 4.74 Å². The van der Waals surface area contributed by atoms with Crippen LogP contribution in [-0.2, 0) is 12.6 Å². The Kier molecular flexibility index (Phi) is 3.77. The highest BCUT2D eigenvalue weighted by molar-refractivity contribution is 6.35. The summed E-state index contributed by atoms with van der Waals surface area (Å²) in [5.41, 5.74) is 0.421. The molecule has 0 spiro atoms. The molecule has 2 aromatic rings. The molecule has 115 valence electrons. The third-order valence-corrected chi connectivity index (χ3v) is 4.01. The van der Waals surface area contributed by atoms with Crippen LogP contribution in [0.3, 0.4) is 0 Å². The summed E-state index contributed by atoms with van der Waals surface area (Å²) in [6.45, 7) is 3.76. The smallest absolute Gasteiger partial charge is 0.416 e. The van der Waals surface area contributed by atoms with Crippen molar-refractivity contribution >= 4 is 23.2 Å². The van der Waals surface area contributed by atoms with E-state index in [0.29, 0.717) is 33.3 Å². The zero-order chi connectivity index (χ0) is 16.1. The van der Waals surface area contributed by atoms with Crippen molar-refractivity contribution in [1.82, 2.24) is 0 Å². The maximum Gasteiger partial charge on any atom is 0.416 e. The van der Waals surface area contributed by atoms with Crippen LogP contribution in [0.1, 0.15) is 11.1 Å². The SMILES string of the molecule is [CH2]C1Cc2cc(C(F)(F)F)cc(-c3cc(Cl)ccc3Cl)c2O1. The van der Waals surface area contributed by atoms with Crippen molar-refractivity contribution in [2.24, 2.45) is 0 Å². The lowest BCUT2D eigenvalue weighted by molar-refractivity contribution is -0.137. The van der Waals surface area contributed by atoms with Crippen molar-refractivity contribution in [2.45, 2.75) is 18.7 Å². The standard InChI is InChI=1S/C16H10Cl2F3O/c1-8-4-9-5-10(16(19,20)21)6-13(15(9)22-8)12-7-11(17)2-3-14(12)18/h2-3,5-8H,1,4H2. The van der Waals surface area contributed by atoms with Gasteiger partial charge in [0.2, 0.25) is 0 Å². The summed E-state index contributed by atoms with van der Waals surface area (Å²) in [6.07, 6.45) is -4.55. The number of alkyl halides is 3. The Balaban J connectivity index is 2.26. The molecule has 3 rings (SSSR count). The van der Waals surface area contributed by atoms with Crippen molar-refractivity contribution in [3.63, 3.8) is 0 Å². The predicted octanol–water partition coefficient (Wildman–Crippen LogP) is 5.82. The van der Waals surface area contributed by atoms with Crippen LogP contribution in [0.2, 0.25) is 10.0 Å². The van der Waals surface area contributed by atoms with Gasteiger partial charge in [0.05, 0.1) is 5.56 Å². The van der Waals surface area contributed by atoms with Crippen molar-refractivity contribution < 1.29 is 17.9 Å². The number of ether oxygens (including phenoxy) is 1. The molecular weight excluding hydrogens is 336 g/mol. The van der Waals surface area contributed by atoms with Gasteiger partial charge in [0.15, 0.2) is 0 Å². The van der Waals surface area contributed by atoms with Gasteiger partial charge in [0.25, 0.3) is 0 Å². The van der Waals surface area contributed by atoms with E-state index in [1.54, 1.807) is 12.1 Å². The number of hydrogen-bond acceptors (Lipinski definition) is 1. The summed E-state index contributed by atoms with van der Waals surface area (Å²) >= 11 is 12.1. The lowest BCUT2D eigenvalue weighted by atomic mass is 9.97. The zero-order valence-corrected chi connectivity index (χ0v) is 12.7. The zero-order valence-electron chi connectivity index (χ0n) is 11.2. The van der Waals surface area contributed by atoms with E-state index in [4.69, 9.17) is 27.9 Å². The fourth-order valence-electron chi connectivity index (χ4n) is 2.50. The van der Waals surface area contributed by atoms with Crippen molar-refractivity contribution in [3.05, 3.63) is 58.4 Å². The highest BCUT2D eigenvalue weighted by Crippen LogP contribution is 2.45. The first-order chi connectivity index (χ1) is 10.3. The van der Waals surface area contributed by atoms with E-state index >= 15 is 0 Å². The number of hydrogen-bond donors (Lipinski definition) is 0. The molecule has 22 heavy (non-hydrogen) atoms. The second-order valence-electron chi connectivity index (χ2n) is 5.08. The van der Waals surface area contributed by atoms with Gasteiger partial charge in [-0.2, -0.15) is 13.2 Å². The second kappa shape index (κ2) is 5.36. The lowest BCUT2D eigenvalue weighted by Gasteiger charge is -2.15. The average Bonchev–Trinajstić information content (AvgIpc) is 2.79. The topological polar surface area (TPSA) is 9.23 Å². The molecule has 1 radical (unpaired) electrons. The van der Waals surface area contributed by atoms with Crippen molar-refractivity contribution in [3.8, 4) is 16.9 Å². The van der Waals surface area contributed by atoms with Gasteiger partial charge in [0, 0.05) is 27.6 Å². The number of fused-ring (bicyclic) bond motifs is 1. The van der Waals surface area contributed by atoms with Crippen LogP contribution in [0, 0.1) is 6.92 Å². The summed E-state index contributed by atoms with van der Waals surface area (Å²) in [7, 11) is 0. The van der Waals surface area contributed by atoms with Crippen molar-refractivity contribution in [2.75, 3.05) is 0 Å². The first-order valence-electron chi connectivity index (χ1n) is 6.45. The number of halogens is 5. The molecule has 0 fully saturated rings. The Morgan fingerprint density at radius 3 is 2.50 bits per heavy atom.